The smallest absolute Gasteiger partial charge is 0.417 e. The first kappa shape index (κ1) is 25.9. The largest absolute Gasteiger partial charge is 0.456 e. The molecule has 0 atom stereocenters. The van der Waals surface area contributed by atoms with Crippen molar-refractivity contribution in [2.75, 3.05) is 17.7 Å². The number of aromatic nitrogens is 1. The molecule has 0 fully saturated rings. The third-order valence-corrected chi connectivity index (χ3v) is 5.08. The van der Waals surface area contributed by atoms with Gasteiger partial charge in [-0.2, -0.15) is 13.2 Å². The molecule has 5 N–H and O–H groups in total. The first-order valence-corrected chi connectivity index (χ1v) is 10.7. The topological polar surface area (TPSA) is 103 Å². The van der Waals surface area contributed by atoms with Crippen molar-refractivity contribution in [3.8, 4) is 11.5 Å². The van der Waals surface area contributed by atoms with Crippen LogP contribution >= 0.6 is 23.2 Å². The molecule has 0 aliphatic rings. The number of rotatable bonds is 6. The van der Waals surface area contributed by atoms with Gasteiger partial charge < -0.3 is 21.1 Å². The summed E-state index contributed by atoms with van der Waals surface area (Å²) in [6.45, 7) is 0. The van der Waals surface area contributed by atoms with Gasteiger partial charge in [0.15, 0.2) is 6.21 Å². The van der Waals surface area contributed by atoms with E-state index in [-0.39, 0.29) is 10.7 Å². The Balaban J connectivity index is 1.68. The van der Waals surface area contributed by atoms with Crippen LogP contribution in [0.25, 0.3) is 5.57 Å². The van der Waals surface area contributed by atoms with Crippen LogP contribution in [0.4, 0.5) is 29.3 Å². The van der Waals surface area contributed by atoms with E-state index in [4.69, 9.17) is 33.7 Å². The first-order valence-electron chi connectivity index (χ1n) is 9.91. The zero-order valence-corrected chi connectivity index (χ0v) is 19.6. The maximum absolute atomic E-state index is 13.0. The van der Waals surface area contributed by atoms with Gasteiger partial charge in [0.1, 0.15) is 23.6 Å². The molecule has 0 spiro atoms. The number of ether oxygens (including phenoxy) is 1. The zero-order chi connectivity index (χ0) is 25.6. The number of carbonyl (C=O) groups is 1. The quantitative estimate of drug-likeness (QED) is 0.343. The van der Waals surface area contributed by atoms with Gasteiger partial charge in [-0.1, -0.05) is 23.2 Å². The number of allylic oxidation sites excluding steroid dienone is 1. The normalized spacial score (nSPS) is 12.0. The molecule has 0 bridgehead atoms. The van der Waals surface area contributed by atoms with Crippen molar-refractivity contribution in [3.05, 3.63) is 82.2 Å². The minimum atomic E-state index is -4.65. The Hall–Kier alpha value is -3.76. The summed E-state index contributed by atoms with van der Waals surface area (Å²) < 4.78 is 44.8. The van der Waals surface area contributed by atoms with Gasteiger partial charge in [0.25, 0.3) is 0 Å². The summed E-state index contributed by atoms with van der Waals surface area (Å²) in [7, 11) is 1.72. The summed E-state index contributed by atoms with van der Waals surface area (Å²) >= 11 is 11.8. The van der Waals surface area contributed by atoms with Gasteiger partial charge in [-0.15, -0.1) is 0 Å². The van der Waals surface area contributed by atoms with Crippen molar-refractivity contribution < 1.29 is 27.7 Å². The maximum atomic E-state index is 13.0. The van der Waals surface area contributed by atoms with Crippen LogP contribution < -0.4 is 26.1 Å². The highest BCUT2D eigenvalue weighted by molar-refractivity contribution is 6.32. The van der Waals surface area contributed by atoms with E-state index in [0.717, 1.165) is 12.1 Å². The lowest BCUT2D eigenvalue weighted by atomic mass is 10.2. The number of amides is 2. The molecule has 0 aliphatic heterocycles. The Morgan fingerprint density at radius 3 is 2.34 bits per heavy atom. The van der Waals surface area contributed by atoms with Crippen LogP contribution in [0.3, 0.4) is 0 Å². The number of anilines is 2. The van der Waals surface area contributed by atoms with E-state index in [2.05, 4.69) is 20.6 Å². The summed E-state index contributed by atoms with van der Waals surface area (Å²) in [5, 5.41) is 4.67. The third kappa shape index (κ3) is 6.87. The van der Waals surface area contributed by atoms with E-state index in [1.54, 1.807) is 43.6 Å². The van der Waals surface area contributed by atoms with E-state index in [9.17, 15) is 18.0 Å². The second-order valence-electron chi connectivity index (χ2n) is 6.95. The average molecular weight is 525 g/mol. The molecule has 0 aliphatic carbocycles. The fourth-order valence-corrected chi connectivity index (χ4v) is 3.23. The molecular formula is C23H19Cl2F3N5O2+. The lowest BCUT2D eigenvalue weighted by Crippen LogP contribution is -2.63. The van der Waals surface area contributed by atoms with Crippen LogP contribution in [-0.2, 0) is 6.18 Å². The highest BCUT2D eigenvalue weighted by Crippen LogP contribution is 2.36. The molecule has 2 amide bonds. The predicted octanol–water partition coefficient (Wildman–Crippen LogP) is 4.92. The summed E-state index contributed by atoms with van der Waals surface area (Å²) in [4.78, 5) is 19.3. The Bertz CT molecular complexity index is 1280. The van der Waals surface area contributed by atoms with Crippen LogP contribution in [0, 0.1) is 0 Å². The molecule has 0 radical (unpaired) electrons. The van der Waals surface area contributed by atoms with E-state index < -0.39 is 22.8 Å². The van der Waals surface area contributed by atoms with Crippen LogP contribution in [-0.4, -0.2) is 24.3 Å². The lowest BCUT2D eigenvalue weighted by molar-refractivity contribution is -0.412. The Morgan fingerprint density at radius 1 is 1.06 bits per heavy atom. The number of hydrogen-bond acceptors (Lipinski definition) is 4. The molecule has 1 aromatic heterocycles. The molecule has 2 aromatic carbocycles. The lowest BCUT2D eigenvalue weighted by Gasteiger charge is -2.13. The van der Waals surface area contributed by atoms with Crippen LogP contribution in [0.5, 0.6) is 11.5 Å². The molecule has 182 valence electrons. The van der Waals surface area contributed by atoms with Crippen molar-refractivity contribution in [2.45, 2.75) is 6.18 Å². The molecule has 0 saturated carbocycles. The number of urea groups is 1. The van der Waals surface area contributed by atoms with Crippen LogP contribution in [0.1, 0.15) is 11.3 Å². The number of benzene rings is 2. The minimum Gasteiger partial charge on any atom is -0.456 e. The van der Waals surface area contributed by atoms with Gasteiger partial charge in [-0.25, -0.2) is 4.79 Å². The molecule has 12 heteroatoms. The summed E-state index contributed by atoms with van der Waals surface area (Å²) in [6, 6.07) is 10.2. The zero-order valence-electron chi connectivity index (χ0n) is 18.1. The van der Waals surface area contributed by atoms with E-state index >= 15 is 0 Å². The van der Waals surface area contributed by atoms with Crippen molar-refractivity contribution in [1.29, 1.82) is 0 Å². The number of nitrogens with one attached hydrogen (secondary N) is 3. The summed E-state index contributed by atoms with van der Waals surface area (Å²) in [5.74, 6) is 0.751. The number of nitrogens with two attached hydrogens (primary N) is 1. The number of alkyl halides is 3. The Morgan fingerprint density at radius 2 is 1.71 bits per heavy atom. The van der Waals surface area contributed by atoms with Gasteiger partial charge in [-0.05, 0) is 42.5 Å². The van der Waals surface area contributed by atoms with Crippen LogP contribution in [0.2, 0.25) is 10.0 Å². The average Bonchev–Trinajstić information content (AvgIpc) is 2.81. The number of carbonyl (C=O) groups excluding carboxylic acids is 1. The van der Waals surface area contributed by atoms with E-state index in [1.807, 2.05) is 0 Å². The fraction of sp³-hybridized carbons (Fsp3) is 0.0870. The number of nitrogens with zero attached hydrogens (tertiary/aromatic N) is 1. The Kier molecular flexibility index (Phi) is 8.21. The standard InChI is InChI=1S/C23H18Cl2F3N5O2/c1-30-11-13(10-29)20-9-21(19(25)12-31-20)35-16-5-2-14(3-6-16)32-22(34)33-15-4-7-18(24)17(8-15)23(26,27)28/h2-12H,29H2,1H3,(H2,32,33,34)/p+1. The SMILES string of the molecule is C[NH+]=CC(=CN)c1cc(Oc2ccc(NC(=O)Nc3ccc(Cl)c(C(F)(F)F)c3)cc2)c(Cl)cn1. The number of hydrogen-bond donors (Lipinski definition) is 4. The summed E-state index contributed by atoms with van der Waals surface area (Å²) in [6.07, 6.45) is -0.164. The summed E-state index contributed by atoms with van der Waals surface area (Å²) in [5.41, 5.74) is 6.05. The molecule has 1 heterocycles. The Labute approximate surface area is 208 Å². The van der Waals surface area contributed by atoms with Gasteiger partial charge in [0, 0.05) is 29.8 Å². The molecule has 0 unspecified atom stereocenters. The van der Waals surface area contributed by atoms with Crippen molar-refractivity contribution in [1.82, 2.24) is 4.98 Å². The van der Waals surface area contributed by atoms with Gasteiger partial charge >= 0.3 is 12.2 Å². The predicted molar refractivity (Wildman–Crippen MR) is 130 cm³/mol. The van der Waals surface area contributed by atoms with Crippen molar-refractivity contribution in [2.24, 2.45) is 5.73 Å². The second kappa shape index (κ2) is 11.1. The minimum absolute atomic E-state index is 0.0660. The van der Waals surface area contributed by atoms with Crippen LogP contribution in [0.15, 0.2) is 60.9 Å². The first-order chi connectivity index (χ1) is 16.6. The molecule has 3 aromatic rings. The molecule has 0 saturated heterocycles. The maximum Gasteiger partial charge on any atom is 0.417 e. The molecule has 3 rings (SSSR count). The van der Waals surface area contributed by atoms with Gasteiger partial charge in [-0.3, -0.25) is 9.98 Å². The monoisotopic (exact) mass is 524 g/mol. The fourth-order valence-electron chi connectivity index (χ4n) is 2.87. The van der Waals surface area contributed by atoms with Gasteiger partial charge in [0.2, 0.25) is 0 Å². The molecule has 35 heavy (non-hydrogen) atoms. The van der Waals surface area contributed by atoms with Crippen molar-refractivity contribution >= 4 is 52.4 Å². The van der Waals surface area contributed by atoms with Gasteiger partial charge in [0.05, 0.1) is 21.9 Å². The van der Waals surface area contributed by atoms with E-state index in [1.165, 1.54) is 18.5 Å². The molecular weight excluding hydrogens is 506 g/mol. The number of halogens is 5. The second-order valence-corrected chi connectivity index (χ2v) is 7.77. The highest BCUT2D eigenvalue weighted by Gasteiger charge is 2.33. The number of pyridine rings is 1. The van der Waals surface area contributed by atoms with E-state index in [0.29, 0.717) is 28.5 Å². The third-order valence-electron chi connectivity index (χ3n) is 4.46. The van der Waals surface area contributed by atoms with Crippen molar-refractivity contribution in [3.63, 3.8) is 0 Å². The molecule has 7 nitrogen and oxygen atoms in total. The highest BCUT2D eigenvalue weighted by atomic mass is 35.5.